The molecule has 2 rings (SSSR count). The Bertz CT molecular complexity index is 699. The second kappa shape index (κ2) is 5.85. The van der Waals surface area contributed by atoms with Crippen molar-refractivity contribution >= 4 is 27.3 Å². The van der Waals surface area contributed by atoms with Gasteiger partial charge in [-0.2, -0.15) is 0 Å². The van der Waals surface area contributed by atoms with Gasteiger partial charge in [0.2, 0.25) is 0 Å². The molecule has 0 fully saturated rings. The van der Waals surface area contributed by atoms with Crippen LogP contribution in [0.2, 0.25) is 5.02 Å². The Morgan fingerprint density at radius 1 is 1.10 bits per heavy atom. The Labute approximate surface area is 124 Å². The molecule has 0 aliphatic carbocycles. The van der Waals surface area contributed by atoms with Gasteiger partial charge in [0.15, 0.2) is 0 Å². The van der Waals surface area contributed by atoms with E-state index in [0.717, 1.165) is 5.56 Å². The summed E-state index contributed by atoms with van der Waals surface area (Å²) in [5.41, 5.74) is 1.50. The SMILES string of the molecule is CCN(c1ccccc1)S(=O)(=O)c1ccc(C)c(Cl)c1. The monoisotopic (exact) mass is 309 g/mol. The fourth-order valence-corrected chi connectivity index (χ4v) is 3.69. The van der Waals surface area contributed by atoms with Gasteiger partial charge < -0.3 is 0 Å². The van der Waals surface area contributed by atoms with E-state index in [1.54, 1.807) is 31.2 Å². The van der Waals surface area contributed by atoms with Gasteiger partial charge >= 0.3 is 0 Å². The first-order chi connectivity index (χ1) is 9.46. The van der Waals surface area contributed by atoms with Crippen molar-refractivity contribution in [3.8, 4) is 0 Å². The van der Waals surface area contributed by atoms with Crippen LogP contribution in [0.25, 0.3) is 0 Å². The molecule has 3 nitrogen and oxygen atoms in total. The third-order valence-electron chi connectivity index (χ3n) is 3.06. The van der Waals surface area contributed by atoms with Crippen molar-refractivity contribution in [1.82, 2.24) is 0 Å². The highest BCUT2D eigenvalue weighted by molar-refractivity contribution is 7.92. The minimum Gasteiger partial charge on any atom is -0.267 e. The smallest absolute Gasteiger partial charge is 0.264 e. The van der Waals surface area contributed by atoms with Crippen LogP contribution in [0.15, 0.2) is 53.4 Å². The maximum atomic E-state index is 12.7. The van der Waals surface area contributed by atoms with E-state index >= 15 is 0 Å². The number of hydrogen-bond acceptors (Lipinski definition) is 2. The summed E-state index contributed by atoms with van der Waals surface area (Å²) >= 11 is 6.03. The van der Waals surface area contributed by atoms with Crippen LogP contribution in [0.1, 0.15) is 12.5 Å². The maximum absolute atomic E-state index is 12.7. The second-order valence-electron chi connectivity index (χ2n) is 4.42. The van der Waals surface area contributed by atoms with Crippen molar-refractivity contribution in [1.29, 1.82) is 0 Å². The number of halogens is 1. The third-order valence-corrected chi connectivity index (χ3v) is 5.37. The van der Waals surface area contributed by atoms with E-state index in [2.05, 4.69) is 0 Å². The van der Waals surface area contributed by atoms with Crippen LogP contribution in [0, 0.1) is 6.92 Å². The fourth-order valence-electron chi connectivity index (χ4n) is 1.95. The van der Waals surface area contributed by atoms with E-state index in [1.807, 2.05) is 25.1 Å². The number of benzene rings is 2. The zero-order chi connectivity index (χ0) is 14.8. The zero-order valence-corrected chi connectivity index (χ0v) is 12.9. The van der Waals surface area contributed by atoms with E-state index in [4.69, 9.17) is 11.6 Å². The lowest BCUT2D eigenvalue weighted by Crippen LogP contribution is -2.30. The molecule has 0 saturated carbocycles. The average molecular weight is 310 g/mol. The van der Waals surface area contributed by atoms with Crippen LogP contribution in [-0.4, -0.2) is 15.0 Å². The predicted octanol–water partition coefficient (Wildman–Crippen LogP) is 3.86. The number of nitrogens with zero attached hydrogens (tertiary/aromatic N) is 1. The van der Waals surface area contributed by atoms with E-state index < -0.39 is 10.0 Å². The lowest BCUT2D eigenvalue weighted by molar-refractivity contribution is 0.592. The van der Waals surface area contributed by atoms with Crippen LogP contribution in [0.4, 0.5) is 5.69 Å². The van der Waals surface area contributed by atoms with Crippen molar-refractivity contribution in [2.75, 3.05) is 10.8 Å². The van der Waals surface area contributed by atoms with Gasteiger partial charge in [0, 0.05) is 11.6 Å². The number of hydrogen-bond donors (Lipinski definition) is 0. The summed E-state index contributed by atoms with van der Waals surface area (Å²) < 4.78 is 26.8. The Hall–Kier alpha value is -1.52. The summed E-state index contributed by atoms with van der Waals surface area (Å²) in [6, 6.07) is 13.8. The Morgan fingerprint density at radius 2 is 1.75 bits per heavy atom. The topological polar surface area (TPSA) is 37.4 Å². The van der Waals surface area contributed by atoms with Crippen LogP contribution < -0.4 is 4.31 Å². The first kappa shape index (κ1) is 14.9. The molecule has 0 radical (unpaired) electrons. The summed E-state index contributed by atoms with van der Waals surface area (Å²) in [5.74, 6) is 0. The van der Waals surface area contributed by atoms with Gasteiger partial charge in [0.25, 0.3) is 10.0 Å². The molecular weight excluding hydrogens is 294 g/mol. The van der Waals surface area contributed by atoms with Gasteiger partial charge in [-0.1, -0.05) is 35.9 Å². The number of rotatable bonds is 4. The average Bonchev–Trinajstić information content (AvgIpc) is 2.43. The van der Waals surface area contributed by atoms with Gasteiger partial charge in [-0.25, -0.2) is 8.42 Å². The van der Waals surface area contributed by atoms with Gasteiger partial charge in [-0.05, 0) is 43.7 Å². The minimum atomic E-state index is -3.59. The Morgan fingerprint density at radius 3 is 2.30 bits per heavy atom. The lowest BCUT2D eigenvalue weighted by Gasteiger charge is -2.23. The van der Waals surface area contributed by atoms with Gasteiger partial charge in [0.05, 0.1) is 10.6 Å². The van der Waals surface area contributed by atoms with E-state index in [0.29, 0.717) is 17.3 Å². The van der Waals surface area contributed by atoms with Crippen LogP contribution in [0.3, 0.4) is 0 Å². The molecule has 0 aliphatic heterocycles. The van der Waals surface area contributed by atoms with E-state index in [1.165, 1.54) is 10.4 Å². The van der Waals surface area contributed by atoms with Gasteiger partial charge in [-0.3, -0.25) is 4.31 Å². The molecule has 0 heterocycles. The van der Waals surface area contributed by atoms with Crippen molar-refractivity contribution in [2.24, 2.45) is 0 Å². The van der Waals surface area contributed by atoms with Gasteiger partial charge in [0.1, 0.15) is 0 Å². The first-order valence-corrected chi connectivity index (χ1v) is 8.12. The highest BCUT2D eigenvalue weighted by Crippen LogP contribution is 2.26. The fraction of sp³-hybridized carbons (Fsp3) is 0.200. The van der Waals surface area contributed by atoms with Crippen LogP contribution in [0.5, 0.6) is 0 Å². The summed E-state index contributed by atoms with van der Waals surface area (Å²) in [5, 5.41) is 0.454. The zero-order valence-electron chi connectivity index (χ0n) is 11.4. The maximum Gasteiger partial charge on any atom is 0.264 e. The summed E-state index contributed by atoms with van der Waals surface area (Å²) in [6.45, 7) is 4.01. The predicted molar refractivity (Wildman–Crippen MR) is 82.8 cm³/mol. The quantitative estimate of drug-likeness (QED) is 0.860. The van der Waals surface area contributed by atoms with E-state index in [9.17, 15) is 8.42 Å². The first-order valence-electron chi connectivity index (χ1n) is 6.30. The summed E-state index contributed by atoms with van der Waals surface area (Å²) in [6.07, 6.45) is 0. The molecular formula is C15H16ClNO2S. The highest BCUT2D eigenvalue weighted by atomic mass is 35.5. The van der Waals surface area contributed by atoms with Crippen molar-refractivity contribution in [2.45, 2.75) is 18.7 Å². The molecule has 0 aromatic heterocycles. The number of para-hydroxylation sites is 1. The third kappa shape index (κ3) is 2.81. The summed E-state index contributed by atoms with van der Waals surface area (Å²) in [7, 11) is -3.59. The van der Waals surface area contributed by atoms with Gasteiger partial charge in [-0.15, -0.1) is 0 Å². The standard InChI is InChI=1S/C15H16ClNO2S/c1-3-17(13-7-5-4-6-8-13)20(18,19)14-10-9-12(2)15(16)11-14/h4-11H,3H2,1-2H3. The van der Waals surface area contributed by atoms with Crippen molar-refractivity contribution < 1.29 is 8.42 Å². The van der Waals surface area contributed by atoms with Crippen molar-refractivity contribution in [3.05, 3.63) is 59.1 Å². The molecule has 0 atom stereocenters. The molecule has 0 bridgehead atoms. The largest absolute Gasteiger partial charge is 0.267 e. The molecule has 0 N–H and O–H groups in total. The van der Waals surface area contributed by atoms with Crippen LogP contribution >= 0.6 is 11.6 Å². The summed E-state index contributed by atoms with van der Waals surface area (Å²) in [4.78, 5) is 0.207. The number of aryl methyl sites for hydroxylation is 1. The van der Waals surface area contributed by atoms with E-state index in [-0.39, 0.29) is 4.90 Å². The normalized spacial score (nSPS) is 11.3. The Kier molecular flexibility index (Phi) is 4.35. The molecule has 0 aliphatic rings. The molecule has 2 aromatic rings. The highest BCUT2D eigenvalue weighted by Gasteiger charge is 2.23. The number of sulfonamides is 1. The second-order valence-corrected chi connectivity index (χ2v) is 6.69. The van der Waals surface area contributed by atoms with Crippen molar-refractivity contribution in [3.63, 3.8) is 0 Å². The number of anilines is 1. The molecule has 20 heavy (non-hydrogen) atoms. The molecule has 0 amide bonds. The molecule has 106 valence electrons. The molecule has 0 spiro atoms. The van der Waals surface area contributed by atoms with Crippen LogP contribution in [-0.2, 0) is 10.0 Å². The lowest BCUT2D eigenvalue weighted by atomic mass is 10.2. The molecule has 0 unspecified atom stereocenters. The minimum absolute atomic E-state index is 0.207. The molecule has 5 heteroatoms. The Balaban J connectivity index is 2.50. The molecule has 0 saturated heterocycles. The molecule has 2 aromatic carbocycles.